The molecule has 0 aliphatic carbocycles. The van der Waals surface area contributed by atoms with E-state index in [2.05, 4.69) is 53.1 Å². The Kier molecular flexibility index (Phi) is 3.51. The first-order valence-electron chi connectivity index (χ1n) is 11.6. The normalized spacial score (nSPS) is 12.3. The zero-order chi connectivity index (χ0) is 23.1. The van der Waals surface area contributed by atoms with Crippen LogP contribution in [0.3, 0.4) is 0 Å². The molecule has 7 aromatic rings. The monoisotopic (exact) mass is 451 g/mol. The van der Waals surface area contributed by atoms with Gasteiger partial charge in [0.05, 0.1) is 27.5 Å². The fourth-order valence-electron chi connectivity index (χ4n) is 5.38. The molecular weight excluding hydrogens is 434 g/mol. The van der Waals surface area contributed by atoms with Gasteiger partial charge in [-0.15, -0.1) is 0 Å². The van der Waals surface area contributed by atoms with Gasteiger partial charge in [-0.05, 0) is 59.7 Å². The highest BCUT2D eigenvalue weighted by Gasteiger charge is 2.23. The van der Waals surface area contributed by atoms with Gasteiger partial charge in [0, 0.05) is 10.8 Å². The number of hydrogen-bond donors (Lipinski definition) is 0. The van der Waals surface area contributed by atoms with Crippen LogP contribution in [0.25, 0.3) is 60.6 Å². The van der Waals surface area contributed by atoms with Gasteiger partial charge >= 0.3 is 0 Å². The Bertz CT molecular complexity index is 2060. The van der Waals surface area contributed by atoms with E-state index < -0.39 is 0 Å². The number of rotatable bonds is 1. The number of ether oxygens (including phenoxy) is 1. The summed E-state index contributed by atoms with van der Waals surface area (Å²) < 4.78 is 14.7. The van der Waals surface area contributed by atoms with E-state index in [9.17, 15) is 4.79 Å². The number of nitrogens with zero attached hydrogens (tertiary/aromatic N) is 1. The van der Waals surface area contributed by atoms with Crippen LogP contribution in [0.15, 0.2) is 112 Å². The summed E-state index contributed by atoms with van der Waals surface area (Å²) in [6, 6.07) is 34.0. The van der Waals surface area contributed by atoms with E-state index >= 15 is 0 Å². The van der Waals surface area contributed by atoms with Gasteiger partial charge in [-0.1, -0.05) is 54.6 Å². The van der Waals surface area contributed by atoms with Crippen molar-refractivity contribution in [3.63, 3.8) is 0 Å². The van der Waals surface area contributed by atoms with Crippen LogP contribution in [-0.2, 0) is 0 Å². The van der Waals surface area contributed by atoms with Crippen molar-refractivity contribution >= 4 is 43.7 Å². The molecule has 1 aliphatic heterocycles. The first-order chi connectivity index (χ1) is 17.3. The molecule has 2 aromatic heterocycles. The maximum absolute atomic E-state index is 13.2. The van der Waals surface area contributed by atoms with Gasteiger partial charge in [0.2, 0.25) is 5.43 Å². The van der Waals surface area contributed by atoms with Gasteiger partial charge < -0.3 is 13.7 Å². The number of benzene rings is 5. The molecule has 0 bridgehead atoms. The van der Waals surface area contributed by atoms with Crippen LogP contribution in [0.4, 0.5) is 0 Å². The lowest BCUT2D eigenvalue weighted by molar-refractivity contribution is 0.476. The van der Waals surface area contributed by atoms with Gasteiger partial charge in [0.25, 0.3) is 0 Å². The lowest BCUT2D eigenvalue weighted by Crippen LogP contribution is -2.04. The van der Waals surface area contributed by atoms with E-state index in [1.807, 2.05) is 48.5 Å². The maximum atomic E-state index is 13.2. The van der Waals surface area contributed by atoms with E-state index in [-0.39, 0.29) is 5.43 Å². The number of fused-ring (bicyclic) bond motifs is 7. The minimum atomic E-state index is -0.0203. The summed E-state index contributed by atoms with van der Waals surface area (Å²) in [4.78, 5) is 13.2. The SMILES string of the molecule is O=c1c2ccccc2oc2ccc(-c3ccc4c(c3)Oc3cccc5c6ccccc6n-4c35)cc12. The summed E-state index contributed by atoms with van der Waals surface area (Å²) in [5.41, 5.74) is 6.33. The molecule has 3 heterocycles. The zero-order valence-corrected chi connectivity index (χ0v) is 18.5. The van der Waals surface area contributed by atoms with Gasteiger partial charge in [-0.3, -0.25) is 4.79 Å². The lowest BCUT2D eigenvalue weighted by Gasteiger charge is -2.21. The Balaban J connectivity index is 1.34. The van der Waals surface area contributed by atoms with Crippen molar-refractivity contribution in [2.75, 3.05) is 0 Å². The summed E-state index contributed by atoms with van der Waals surface area (Å²) in [5, 5.41) is 3.55. The molecule has 8 rings (SSSR count). The molecule has 4 heteroatoms. The van der Waals surface area contributed by atoms with E-state index in [0.717, 1.165) is 39.3 Å². The second-order valence-electron chi connectivity index (χ2n) is 8.93. The Hall–Kier alpha value is -4.83. The van der Waals surface area contributed by atoms with Crippen molar-refractivity contribution in [3.8, 4) is 28.3 Å². The summed E-state index contributed by atoms with van der Waals surface area (Å²) in [6.45, 7) is 0. The molecule has 164 valence electrons. The first kappa shape index (κ1) is 18.6. The predicted molar refractivity (Wildman–Crippen MR) is 140 cm³/mol. The molecule has 0 saturated heterocycles. The van der Waals surface area contributed by atoms with Crippen LogP contribution in [-0.4, -0.2) is 4.57 Å². The van der Waals surface area contributed by atoms with Crippen LogP contribution in [0.1, 0.15) is 0 Å². The largest absolute Gasteiger partial charge is 0.456 e. The molecule has 0 N–H and O–H groups in total. The fourth-order valence-corrected chi connectivity index (χ4v) is 5.38. The van der Waals surface area contributed by atoms with Crippen molar-refractivity contribution in [1.82, 2.24) is 4.57 Å². The van der Waals surface area contributed by atoms with E-state index in [1.165, 1.54) is 10.8 Å². The third-order valence-corrected chi connectivity index (χ3v) is 6.99. The Morgan fingerprint density at radius 1 is 0.571 bits per heavy atom. The summed E-state index contributed by atoms with van der Waals surface area (Å²) in [5.74, 6) is 1.63. The lowest BCUT2D eigenvalue weighted by atomic mass is 10.0. The molecule has 35 heavy (non-hydrogen) atoms. The molecule has 0 radical (unpaired) electrons. The average molecular weight is 451 g/mol. The molecule has 0 saturated carbocycles. The predicted octanol–water partition coefficient (Wildman–Crippen LogP) is 7.82. The van der Waals surface area contributed by atoms with Crippen molar-refractivity contribution < 1.29 is 9.15 Å². The van der Waals surface area contributed by atoms with Gasteiger partial charge in [0.1, 0.15) is 11.2 Å². The quantitative estimate of drug-likeness (QED) is 0.239. The highest BCUT2D eigenvalue weighted by molar-refractivity contribution is 6.12. The Morgan fingerprint density at radius 2 is 1.31 bits per heavy atom. The van der Waals surface area contributed by atoms with Crippen LogP contribution in [0.2, 0.25) is 0 Å². The minimum absolute atomic E-state index is 0.0203. The highest BCUT2D eigenvalue weighted by atomic mass is 16.5. The second kappa shape index (κ2) is 6.61. The molecule has 0 fully saturated rings. The van der Waals surface area contributed by atoms with Crippen LogP contribution in [0.5, 0.6) is 11.5 Å². The Labute approximate surface area is 199 Å². The maximum Gasteiger partial charge on any atom is 0.200 e. The molecule has 0 spiro atoms. The molecule has 1 aliphatic rings. The van der Waals surface area contributed by atoms with Crippen molar-refractivity contribution in [1.29, 1.82) is 0 Å². The molecule has 4 nitrogen and oxygen atoms in total. The topological polar surface area (TPSA) is 44.4 Å². The van der Waals surface area contributed by atoms with Gasteiger partial charge in [0.15, 0.2) is 11.5 Å². The third kappa shape index (κ3) is 2.48. The third-order valence-electron chi connectivity index (χ3n) is 6.99. The van der Waals surface area contributed by atoms with Gasteiger partial charge in [-0.25, -0.2) is 0 Å². The van der Waals surface area contributed by atoms with Gasteiger partial charge in [-0.2, -0.15) is 0 Å². The highest BCUT2D eigenvalue weighted by Crippen LogP contribution is 2.46. The second-order valence-corrected chi connectivity index (χ2v) is 8.93. The molecule has 0 atom stereocenters. The average Bonchev–Trinajstić information content (AvgIpc) is 3.25. The summed E-state index contributed by atoms with van der Waals surface area (Å²) >= 11 is 0. The van der Waals surface area contributed by atoms with Crippen molar-refractivity contribution in [2.45, 2.75) is 0 Å². The van der Waals surface area contributed by atoms with Crippen LogP contribution in [0, 0.1) is 0 Å². The Morgan fingerprint density at radius 3 is 2.26 bits per heavy atom. The van der Waals surface area contributed by atoms with Crippen LogP contribution < -0.4 is 10.2 Å². The minimum Gasteiger partial charge on any atom is -0.456 e. The van der Waals surface area contributed by atoms with E-state index in [1.54, 1.807) is 6.07 Å². The molecule has 0 amide bonds. The van der Waals surface area contributed by atoms with E-state index in [0.29, 0.717) is 21.9 Å². The molecule has 0 unspecified atom stereocenters. The molecule has 5 aromatic carbocycles. The van der Waals surface area contributed by atoms with Crippen molar-refractivity contribution in [2.24, 2.45) is 0 Å². The van der Waals surface area contributed by atoms with Crippen LogP contribution >= 0.6 is 0 Å². The van der Waals surface area contributed by atoms with E-state index in [4.69, 9.17) is 9.15 Å². The number of hydrogen-bond acceptors (Lipinski definition) is 3. The molecular formula is C31H17NO3. The van der Waals surface area contributed by atoms with Crippen molar-refractivity contribution in [3.05, 3.63) is 113 Å². The zero-order valence-electron chi connectivity index (χ0n) is 18.5. The number of aromatic nitrogens is 1. The summed E-state index contributed by atoms with van der Waals surface area (Å²) in [7, 11) is 0. The summed E-state index contributed by atoms with van der Waals surface area (Å²) in [6.07, 6.45) is 0. The smallest absolute Gasteiger partial charge is 0.200 e. The standard InChI is InChI=1S/C31H17NO3/c33-31-22-7-2-4-10-26(22)34-27-15-13-18(16-23(27)31)19-12-14-25-29(17-19)35-28-11-5-8-21-20-6-1-3-9-24(20)32(25)30(21)28/h1-17H. The fraction of sp³-hybridized carbons (Fsp3) is 0. The number of para-hydroxylation sites is 3. The first-order valence-corrected chi connectivity index (χ1v) is 11.6.